The Balaban J connectivity index is 1.98. The topological polar surface area (TPSA) is 43.3 Å². The van der Waals surface area contributed by atoms with Crippen LogP contribution in [0.2, 0.25) is 5.02 Å². The minimum Gasteiger partial charge on any atom is -0.496 e. The van der Waals surface area contributed by atoms with Gasteiger partial charge in [-0.3, -0.25) is 4.79 Å². The molecule has 2 aromatic carbocycles. The fourth-order valence-corrected chi connectivity index (χ4v) is 4.69. The normalized spacial score (nSPS) is 16.0. The molecule has 1 aliphatic rings. The van der Waals surface area contributed by atoms with Crippen LogP contribution in [0, 0.1) is 0 Å². The van der Waals surface area contributed by atoms with Crippen molar-refractivity contribution < 1.29 is 9.53 Å². The Morgan fingerprint density at radius 1 is 1.25 bits per heavy atom. The van der Waals surface area contributed by atoms with Crippen LogP contribution in [0.4, 0.5) is 0 Å². The van der Waals surface area contributed by atoms with E-state index in [2.05, 4.69) is 22.0 Å². The lowest BCUT2D eigenvalue weighted by Crippen LogP contribution is -2.31. The largest absolute Gasteiger partial charge is 0.496 e. The first-order valence-corrected chi connectivity index (χ1v) is 10.2. The lowest BCUT2D eigenvalue weighted by Gasteiger charge is -2.24. The zero-order chi connectivity index (χ0) is 19.7. The Hall–Kier alpha value is -2.46. The van der Waals surface area contributed by atoms with E-state index in [9.17, 15) is 4.79 Å². The number of benzene rings is 2. The zero-order valence-corrected chi connectivity index (χ0v) is 17.1. The number of likely N-dealkylation sites (N-methyl/N-ethyl adjacent to an activating group) is 1. The van der Waals surface area contributed by atoms with E-state index in [1.54, 1.807) is 7.11 Å². The van der Waals surface area contributed by atoms with Gasteiger partial charge in [0.2, 0.25) is 5.91 Å². The average Bonchev–Trinajstić information content (AvgIpc) is 3.05. The van der Waals surface area contributed by atoms with Crippen LogP contribution in [0.1, 0.15) is 42.5 Å². The fraction of sp³-hybridized carbons (Fsp3) is 0.348. The maximum atomic E-state index is 12.9. The van der Waals surface area contributed by atoms with Crippen molar-refractivity contribution in [1.29, 1.82) is 0 Å². The fourth-order valence-electron chi connectivity index (χ4n) is 4.43. The van der Waals surface area contributed by atoms with Crippen LogP contribution in [0.25, 0.3) is 10.9 Å². The first kappa shape index (κ1) is 18.9. The maximum Gasteiger partial charge on any atom is 0.227 e. The number of ether oxygens (including phenoxy) is 1. The van der Waals surface area contributed by atoms with Gasteiger partial charge in [-0.25, -0.2) is 0 Å². The van der Waals surface area contributed by atoms with Crippen LogP contribution in [-0.4, -0.2) is 24.1 Å². The van der Waals surface area contributed by atoms with E-state index in [4.69, 9.17) is 16.3 Å². The van der Waals surface area contributed by atoms with Crippen LogP contribution >= 0.6 is 11.6 Å². The van der Waals surface area contributed by atoms with Gasteiger partial charge in [0.25, 0.3) is 0 Å². The molecule has 1 unspecified atom stereocenters. The summed E-state index contributed by atoms with van der Waals surface area (Å²) in [7, 11) is 1.67. The van der Waals surface area contributed by atoms with Crippen LogP contribution in [0.15, 0.2) is 42.5 Å². The van der Waals surface area contributed by atoms with Gasteiger partial charge in [-0.15, -0.1) is 0 Å². The molecule has 28 heavy (non-hydrogen) atoms. The molecular weight excluding hydrogens is 372 g/mol. The number of hydrogen-bond donors (Lipinski definition) is 1. The van der Waals surface area contributed by atoms with Crippen molar-refractivity contribution in [3.05, 3.63) is 64.3 Å². The summed E-state index contributed by atoms with van der Waals surface area (Å²) in [5, 5.41) is 4.68. The molecule has 146 valence electrons. The Kier molecular flexibility index (Phi) is 5.31. The Morgan fingerprint density at radius 3 is 2.75 bits per heavy atom. The number of hydrogen-bond acceptors (Lipinski definition) is 2. The molecule has 1 aliphatic carbocycles. The number of aromatic nitrogens is 1. The highest BCUT2D eigenvalue weighted by Gasteiger charge is 2.33. The van der Waals surface area contributed by atoms with Crippen molar-refractivity contribution in [2.45, 2.75) is 38.6 Å². The lowest BCUT2D eigenvalue weighted by atomic mass is 9.84. The number of nitrogens with zero attached hydrogens (tertiary/aromatic N) is 1. The van der Waals surface area contributed by atoms with Gasteiger partial charge in [-0.05, 0) is 49.4 Å². The summed E-state index contributed by atoms with van der Waals surface area (Å²) in [5.74, 6) is 0.693. The number of methoxy groups -OCH3 is 1. The van der Waals surface area contributed by atoms with E-state index in [-0.39, 0.29) is 11.8 Å². The van der Waals surface area contributed by atoms with Crippen molar-refractivity contribution in [1.82, 2.24) is 9.88 Å². The third-order valence-corrected chi connectivity index (χ3v) is 5.90. The highest BCUT2D eigenvalue weighted by atomic mass is 35.5. The van der Waals surface area contributed by atoms with Crippen molar-refractivity contribution in [3.63, 3.8) is 0 Å². The second-order valence-corrected chi connectivity index (χ2v) is 7.65. The number of carbonyl (C=O) groups excluding carboxylic acids is 1. The summed E-state index contributed by atoms with van der Waals surface area (Å²) in [4.78, 5) is 12.9. The van der Waals surface area contributed by atoms with E-state index >= 15 is 0 Å². The minimum absolute atomic E-state index is 0.0873. The number of amides is 1. The van der Waals surface area contributed by atoms with Crippen molar-refractivity contribution in [2.24, 2.45) is 0 Å². The molecule has 0 radical (unpaired) electrons. The van der Waals surface area contributed by atoms with Gasteiger partial charge in [0.05, 0.1) is 23.6 Å². The van der Waals surface area contributed by atoms with Gasteiger partial charge in [-0.2, -0.15) is 0 Å². The molecule has 5 heteroatoms. The summed E-state index contributed by atoms with van der Waals surface area (Å²) in [6, 6.07) is 14.2. The first-order chi connectivity index (χ1) is 13.7. The molecule has 1 atom stereocenters. The highest BCUT2D eigenvalue weighted by molar-refractivity contribution is 6.35. The third kappa shape index (κ3) is 3.16. The lowest BCUT2D eigenvalue weighted by molar-refractivity contribution is -0.122. The molecule has 0 spiro atoms. The van der Waals surface area contributed by atoms with Crippen LogP contribution < -0.4 is 10.1 Å². The molecular formula is C23H25ClN2O2. The number of fused-ring (bicyclic) bond motifs is 3. The second kappa shape index (κ2) is 7.88. The second-order valence-electron chi connectivity index (χ2n) is 7.24. The van der Waals surface area contributed by atoms with Gasteiger partial charge < -0.3 is 14.6 Å². The molecule has 1 N–H and O–H groups in total. The molecule has 0 aliphatic heterocycles. The van der Waals surface area contributed by atoms with Crippen molar-refractivity contribution in [3.8, 4) is 5.75 Å². The summed E-state index contributed by atoms with van der Waals surface area (Å²) in [6.07, 6.45) is 2.77. The molecule has 1 amide bonds. The molecule has 4 rings (SSSR count). The average molecular weight is 397 g/mol. The molecule has 0 bridgehead atoms. The quantitative estimate of drug-likeness (QED) is 0.666. The van der Waals surface area contributed by atoms with Gasteiger partial charge in [0.1, 0.15) is 5.75 Å². The summed E-state index contributed by atoms with van der Waals surface area (Å²) < 4.78 is 7.98. The SMILES string of the molecule is CCNC(=O)C1CCCc2c1c1c(OC)ccc(Cl)c1n2Cc1ccccc1. The maximum absolute atomic E-state index is 12.9. The van der Waals surface area contributed by atoms with E-state index in [1.807, 2.05) is 37.3 Å². The minimum atomic E-state index is -0.171. The number of halogens is 1. The van der Waals surface area contributed by atoms with Gasteiger partial charge in [0.15, 0.2) is 0 Å². The molecule has 1 aromatic heterocycles. The van der Waals surface area contributed by atoms with Crippen LogP contribution in [-0.2, 0) is 17.8 Å². The Labute approximate surface area is 170 Å². The zero-order valence-electron chi connectivity index (χ0n) is 16.3. The number of rotatable bonds is 5. The molecule has 0 saturated carbocycles. The van der Waals surface area contributed by atoms with Gasteiger partial charge >= 0.3 is 0 Å². The van der Waals surface area contributed by atoms with E-state index in [1.165, 1.54) is 11.3 Å². The number of nitrogens with one attached hydrogen (secondary N) is 1. The van der Waals surface area contributed by atoms with Crippen LogP contribution in [0.3, 0.4) is 0 Å². The van der Waals surface area contributed by atoms with Crippen LogP contribution in [0.5, 0.6) is 5.75 Å². The van der Waals surface area contributed by atoms with Crippen molar-refractivity contribution >= 4 is 28.4 Å². The molecule has 3 aromatic rings. The highest BCUT2D eigenvalue weighted by Crippen LogP contribution is 2.45. The molecule has 0 saturated heterocycles. The summed E-state index contributed by atoms with van der Waals surface area (Å²) in [5.41, 5.74) is 4.46. The third-order valence-electron chi connectivity index (χ3n) is 5.59. The Morgan fingerprint density at radius 2 is 2.04 bits per heavy atom. The first-order valence-electron chi connectivity index (χ1n) is 9.84. The predicted molar refractivity (Wildman–Crippen MR) is 113 cm³/mol. The predicted octanol–water partition coefficient (Wildman–Crippen LogP) is 4.91. The van der Waals surface area contributed by atoms with E-state index < -0.39 is 0 Å². The van der Waals surface area contributed by atoms with E-state index in [0.717, 1.165) is 48.0 Å². The standard InChI is InChI=1S/C23H25ClN2O2/c1-3-25-23(27)16-10-7-11-18-20(16)21-19(28-2)13-12-17(24)22(21)26(18)14-15-8-5-4-6-9-15/h4-6,8-9,12-13,16H,3,7,10-11,14H2,1-2H3,(H,25,27). The number of carbonyl (C=O) groups is 1. The summed E-state index contributed by atoms with van der Waals surface area (Å²) >= 11 is 6.69. The van der Waals surface area contributed by atoms with E-state index in [0.29, 0.717) is 11.6 Å². The molecule has 0 fully saturated rings. The summed E-state index contributed by atoms with van der Waals surface area (Å²) in [6.45, 7) is 3.31. The Bertz CT molecular complexity index is 1010. The smallest absolute Gasteiger partial charge is 0.227 e. The molecule has 4 nitrogen and oxygen atoms in total. The van der Waals surface area contributed by atoms with Crippen molar-refractivity contribution in [2.75, 3.05) is 13.7 Å². The molecule has 1 heterocycles. The van der Waals surface area contributed by atoms with Gasteiger partial charge in [0, 0.05) is 24.2 Å². The monoisotopic (exact) mass is 396 g/mol. The van der Waals surface area contributed by atoms with Gasteiger partial charge in [-0.1, -0.05) is 41.9 Å².